The molecular weight excluding hydrogens is 242 g/mol. The van der Waals surface area contributed by atoms with Crippen molar-refractivity contribution in [2.75, 3.05) is 13.7 Å². The van der Waals surface area contributed by atoms with Crippen LogP contribution in [0, 0.1) is 6.92 Å². The zero-order chi connectivity index (χ0) is 14.3. The topological polar surface area (TPSA) is 55.4 Å². The smallest absolute Gasteiger partial charge is 0.337 e. The van der Waals surface area contributed by atoms with Crippen LogP contribution in [0.3, 0.4) is 0 Å². The number of carbonyl (C=O) groups excluding carboxylic acids is 2. The summed E-state index contributed by atoms with van der Waals surface area (Å²) in [4.78, 5) is 22.0. The van der Waals surface area contributed by atoms with Crippen LogP contribution >= 0.6 is 0 Å². The van der Waals surface area contributed by atoms with Gasteiger partial charge >= 0.3 is 5.97 Å². The average Bonchev–Trinajstić information content (AvgIpc) is 2.38. The van der Waals surface area contributed by atoms with Crippen molar-refractivity contribution < 1.29 is 14.3 Å². The van der Waals surface area contributed by atoms with Gasteiger partial charge in [-0.05, 0) is 36.6 Å². The van der Waals surface area contributed by atoms with E-state index in [2.05, 4.69) is 10.1 Å². The number of aryl methyl sites for hydroxylation is 1. The first-order valence-electron chi connectivity index (χ1n) is 6.14. The van der Waals surface area contributed by atoms with Gasteiger partial charge in [-0.1, -0.05) is 18.2 Å². The number of amides is 1. The molecule has 1 aromatic rings. The summed E-state index contributed by atoms with van der Waals surface area (Å²) in [5.41, 5.74) is 2.62. The molecule has 1 amide bonds. The second kappa shape index (κ2) is 7.36. The predicted octanol–water partition coefficient (Wildman–Crippen LogP) is 2.32. The van der Waals surface area contributed by atoms with Crippen molar-refractivity contribution >= 4 is 18.0 Å². The molecule has 0 unspecified atom stereocenters. The Balaban J connectivity index is 2.62. The SMILES string of the molecule is COC(=O)c1ccc(C=CCCNC(C)=O)c(C)c1. The number of hydrogen-bond acceptors (Lipinski definition) is 3. The molecule has 0 radical (unpaired) electrons. The van der Waals surface area contributed by atoms with E-state index in [0.717, 1.165) is 17.5 Å². The Morgan fingerprint density at radius 1 is 1.37 bits per heavy atom. The van der Waals surface area contributed by atoms with Gasteiger partial charge < -0.3 is 10.1 Å². The molecule has 0 aliphatic carbocycles. The Morgan fingerprint density at radius 3 is 2.68 bits per heavy atom. The van der Waals surface area contributed by atoms with Crippen molar-refractivity contribution in [1.29, 1.82) is 0 Å². The third-order valence-corrected chi connectivity index (χ3v) is 2.67. The molecule has 0 aromatic heterocycles. The fourth-order valence-electron chi connectivity index (χ4n) is 1.65. The van der Waals surface area contributed by atoms with E-state index >= 15 is 0 Å². The Bertz CT molecular complexity index is 492. The second-order valence-electron chi connectivity index (χ2n) is 4.24. The number of rotatable bonds is 5. The Hall–Kier alpha value is -2.10. The van der Waals surface area contributed by atoms with Gasteiger partial charge in [0.25, 0.3) is 0 Å². The van der Waals surface area contributed by atoms with Crippen LogP contribution in [0.2, 0.25) is 0 Å². The summed E-state index contributed by atoms with van der Waals surface area (Å²) in [5, 5.41) is 2.73. The lowest BCUT2D eigenvalue weighted by atomic mass is 10.0. The zero-order valence-electron chi connectivity index (χ0n) is 11.5. The van der Waals surface area contributed by atoms with Crippen molar-refractivity contribution in [3.8, 4) is 0 Å². The van der Waals surface area contributed by atoms with Crippen LogP contribution in [0.15, 0.2) is 24.3 Å². The monoisotopic (exact) mass is 261 g/mol. The Morgan fingerprint density at radius 2 is 2.11 bits per heavy atom. The van der Waals surface area contributed by atoms with E-state index in [9.17, 15) is 9.59 Å². The van der Waals surface area contributed by atoms with Crippen molar-refractivity contribution in [3.05, 3.63) is 41.0 Å². The first-order chi connectivity index (χ1) is 9.04. The first kappa shape index (κ1) is 15.0. The molecule has 0 spiro atoms. The number of carbonyl (C=O) groups is 2. The molecule has 4 nitrogen and oxygen atoms in total. The molecule has 4 heteroatoms. The van der Waals surface area contributed by atoms with Crippen LogP contribution in [-0.2, 0) is 9.53 Å². The van der Waals surface area contributed by atoms with E-state index in [1.807, 2.05) is 25.1 Å². The lowest BCUT2D eigenvalue weighted by Gasteiger charge is -2.04. The van der Waals surface area contributed by atoms with Crippen LogP contribution in [0.1, 0.15) is 34.8 Å². The molecule has 0 fully saturated rings. The van der Waals surface area contributed by atoms with Gasteiger partial charge in [0.2, 0.25) is 5.91 Å². The zero-order valence-corrected chi connectivity index (χ0v) is 11.5. The van der Waals surface area contributed by atoms with Gasteiger partial charge in [-0.3, -0.25) is 4.79 Å². The minimum atomic E-state index is -0.329. The van der Waals surface area contributed by atoms with Gasteiger partial charge in [0.05, 0.1) is 12.7 Å². The average molecular weight is 261 g/mol. The minimum Gasteiger partial charge on any atom is -0.465 e. The number of hydrogen-bond donors (Lipinski definition) is 1. The summed E-state index contributed by atoms with van der Waals surface area (Å²) in [6, 6.07) is 5.43. The molecule has 0 saturated heterocycles. The van der Waals surface area contributed by atoms with Crippen LogP contribution in [0.4, 0.5) is 0 Å². The van der Waals surface area contributed by atoms with E-state index in [1.165, 1.54) is 14.0 Å². The lowest BCUT2D eigenvalue weighted by Crippen LogP contribution is -2.20. The maximum absolute atomic E-state index is 11.4. The molecule has 19 heavy (non-hydrogen) atoms. The Kier molecular flexibility index (Phi) is 5.79. The molecule has 0 heterocycles. The molecule has 0 saturated carbocycles. The maximum Gasteiger partial charge on any atom is 0.337 e. The summed E-state index contributed by atoms with van der Waals surface area (Å²) in [6.07, 6.45) is 4.76. The summed E-state index contributed by atoms with van der Waals surface area (Å²) < 4.78 is 4.67. The highest BCUT2D eigenvalue weighted by molar-refractivity contribution is 5.89. The quantitative estimate of drug-likeness (QED) is 0.653. The highest BCUT2D eigenvalue weighted by atomic mass is 16.5. The molecule has 0 bridgehead atoms. The van der Waals surface area contributed by atoms with E-state index in [0.29, 0.717) is 12.1 Å². The maximum atomic E-state index is 11.4. The van der Waals surface area contributed by atoms with Crippen LogP contribution in [0.25, 0.3) is 6.08 Å². The standard InChI is InChI=1S/C15H19NO3/c1-11-10-14(15(18)19-3)8-7-13(11)6-4-5-9-16-12(2)17/h4,6-8,10H,5,9H2,1-3H3,(H,16,17). The molecule has 0 aliphatic heterocycles. The summed E-state index contributed by atoms with van der Waals surface area (Å²) in [5.74, 6) is -0.351. The number of methoxy groups -OCH3 is 1. The van der Waals surface area contributed by atoms with Gasteiger partial charge in [0, 0.05) is 13.5 Å². The van der Waals surface area contributed by atoms with Gasteiger partial charge in [0.15, 0.2) is 0 Å². The fourth-order valence-corrected chi connectivity index (χ4v) is 1.65. The summed E-state index contributed by atoms with van der Waals surface area (Å²) in [6.45, 7) is 4.07. The number of nitrogens with one attached hydrogen (secondary N) is 1. The van der Waals surface area contributed by atoms with Crippen molar-refractivity contribution in [2.24, 2.45) is 0 Å². The van der Waals surface area contributed by atoms with Crippen molar-refractivity contribution in [1.82, 2.24) is 5.32 Å². The normalized spacial score (nSPS) is 10.5. The molecule has 0 atom stereocenters. The van der Waals surface area contributed by atoms with Crippen molar-refractivity contribution in [2.45, 2.75) is 20.3 Å². The van der Waals surface area contributed by atoms with E-state index < -0.39 is 0 Å². The molecule has 1 rings (SSSR count). The van der Waals surface area contributed by atoms with Gasteiger partial charge in [0.1, 0.15) is 0 Å². The number of ether oxygens (including phenoxy) is 1. The van der Waals surface area contributed by atoms with Gasteiger partial charge in [-0.15, -0.1) is 0 Å². The first-order valence-corrected chi connectivity index (χ1v) is 6.14. The molecule has 0 aliphatic rings. The third kappa shape index (κ3) is 4.95. The van der Waals surface area contributed by atoms with Crippen LogP contribution in [-0.4, -0.2) is 25.5 Å². The second-order valence-corrected chi connectivity index (χ2v) is 4.24. The lowest BCUT2D eigenvalue weighted by molar-refractivity contribution is -0.118. The van der Waals surface area contributed by atoms with E-state index in [4.69, 9.17) is 0 Å². The fraction of sp³-hybridized carbons (Fsp3) is 0.333. The summed E-state index contributed by atoms with van der Waals surface area (Å²) in [7, 11) is 1.37. The minimum absolute atomic E-state index is 0.0213. The van der Waals surface area contributed by atoms with Crippen LogP contribution < -0.4 is 5.32 Å². The highest BCUT2D eigenvalue weighted by Gasteiger charge is 2.05. The molecule has 1 N–H and O–H groups in total. The third-order valence-electron chi connectivity index (χ3n) is 2.67. The highest BCUT2D eigenvalue weighted by Crippen LogP contribution is 2.13. The van der Waals surface area contributed by atoms with Gasteiger partial charge in [-0.2, -0.15) is 0 Å². The van der Waals surface area contributed by atoms with Crippen molar-refractivity contribution in [3.63, 3.8) is 0 Å². The van der Waals surface area contributed by atoms with E-state index in [-0.39, 0.29) is 11.9 Å². The summed E-state index contributed by atoms with van der Waals surface area (Å²) >= 11 is 0. The number of esters is 1. The van der Waals surface area contributed by atoms with Crippen LogP contribution in [0.5, 0.6) is 0 Å². The Labute approximate surface area is 113 Å². The molecule has 102 valence electrons. The molecule has 1 aromatic carbocycles. The molecular formula is C15H19NO3. The van der Waals surface area contributed by atoms with E-state index in [1.54, 1.807) is 12.1 Å². The predicted molar refractivity (Wildman–Crippen MR) is 74.9 cm³/mol. The number of benzene rings is 1. The van der Waals surface area contributed by atoms with Gasteiger partial charge in [-0.25, -0.2) is 4.79 Å². The largest absolute Gasteiger partial charge is 0.465 e.